The number of halogens is 3. The summed E-state index contributed by atoms with van der Waals surface area (Å²) in [5.74, 6) is 0.748. The summed E-state index contributed by atoms with van der Waals surface area (Å²) >= 11 is 0. The first-order chi connectivity index (χ1) is 17.2. The Balaban J connectivity index is 1.53. The van der Waals surface area contributed by atoms with Gasteiger partial charge < -0.3 is 4.90 Å². The number of nitrogens with zero attached hydrogens (tertiary/aromatic N) is 7. The predicted octanol–water partition coefficient (Wildman–Crippen LogP) is 4.04. The highest BCUT2D eigenvalue weighted by Crippen LogP contribution is 2.32. The van der Waals surface area contributed by atoms with Gasteiger partial charge in [0.25, 0.3) is 5.56 Å². The van der Waals surface area contributed by atoms with E-state index in [-0.39, 0.29) is 29.4 Å². The van der Waals surface area contributed by atoms with Crippen LogP contribution in [0.2, 0.25) is 0 Å². The van der Waals surface area contributed by atoms with Crippen molar-refractivity contribution in [3.63, 3.8) is 0 Å². The summed E-state index contributed by atoms with van der Waals surface area (Å²) in [4.78, 5) is 37.4. The monoisotopic (exact) mass is 495 g/mol. The van der Waals surface area contributed by atoms with Gasteiger partial charge in [0.05, 0.1) is 29.2 Å². The molecule has 0 unspecified atom stereocenters. The van der Waals surface area contributed by atoms with Gasteiger partial charge in [-0.05, 0) is 50.8 Å². The molecule has 0 radical (unpaired) electrons. The van der Waals surface area contributed by atoms with Crippen molar-refractivity contribution in [3.8, 4) is 0 Å². The molecule has 0 N–H and O–H groups in total. The van der Waals surface area contributed by atoms with Gasteiger partial charge in [-0.15, -0.1) is 0 Å². The topological polar surface area (TPSA) is 89.7 Å². The minimum absolute atomic E-state index is 0.0738. The highest BCUT2D eigenvalue weighted by Gasteiger charge is 2.34. The number of piperidine rings is 1. The second-order valence-electron chi connectivity index (χ2n) is 8.93. The maximum absolute atomic E-state index is 13.7. The van der Waals surface area contributed by atoms with Crippen molar-refractivity contribution in [1.29, 1.82) is 0 Å². The number of aryl methyl sites for hydroxylation is 2. The molecular weight excluding hydrogens is 471 g/mol. The molecule has 0 atom stereocenters. The Morgan fingerprint density at radius 3 is 2.50 bits per heavy atom. The number of fused-ring (bicyclic) bond motifs is 1. The summed E-state index contributed by atoms with van der Waals surface area (Å²) < 4.78 is 42.2. The smallest absolute Gasteiger partial charge is 0.355 e. The molecule has 0 aliphatic carbocycles. The number of aromatic nitrogens is 6. The largest absolute Gasteiger partial charge is 0.418 e. The maximum atomic E-state index is 13.7. The molecule has 4 aromatic heterocycles. The van der Waals surface area contributed by atoms with Crippen molar-refractivity contribution < 1.29 is 13.2 Å². The van der Waals surface area contributed by atoms with Crippen molar-refractivity contribution >= 4 is 17.0 Å². The van der Waals surface area contributed by atoms with Crippen LogP contribution in [0.5, 0.6) is 0 Å². The standard InChI is InChI=1S/C25H24F3N7O/c1-15-13-32-20-12-18(17-5-10-34(11-6-17)22-16(2)29-8-9-31-22)24(36)35(23(20)33-15)14-21-19(25(26,27)28)4-3-7-30-21/h3-4,7-9,12-13,17H,5-6,10-11,14H2,1-2H3. The zero-order valence-corrected chi connectivity index (χ0v) is 19.8. The predicted molar refractivity (Wildman–Crippen MR) is 128 cm³/mol. The number of anilines is 1. The Morgan fingerprint density at radius 2 is 1.78 bits per heavy atom. The van der Waals surface area contributed by atoms with Gasteiger partial charge in [0.2, 0.25) is 0 Å². The van der Waals surface area contributed by atoms with E-state index >= 15 is 0 Å². The lowest BCUT2D eigenvalue weighted by Gasteiger charge is -2.33. The summed E-state index contributed by atoms with van der Waals surface area (Å²) in [6.07, 6.45) is 2.97. The number of rotatable bonds is 4. The SMILES string of the molecule is Cc1cnc2cc(C3CCN(c4nccnc4C)CC3)c(=O)n(Cc3ncccc3C(F)(F)F)c2n1. The Labute approximate surface area is 204 Å². The summed E-state index contributed by atoms with van der Waals surface area (Å²) in [7, 11) is 0. The summed E-state index contributed by atoms with van der Waals surface area (Å²) in [5.41, 5.74) is 1.17. The van der Waals surface area contributed by atoms with E-state index in [9.17, 15) is 18.0 Å². The molecule has 186 valence electrons. The minimum atomic E-state index is -4.59. The van der Waals surface area contributed by atoms with E-state index in [1.54, 1.807) is 31.6 Å². The lowest BCUT2D eigenvalue weighted by Crippen LogP contribution is -2.36. The van der Waals surface area contributed by atoms with Gasteiger partial charge in [-0.3, -0.25) is 24.3 Å². The molecule has 0 bridgehead atoms. The molecule has 1 aliphatic rings. The highest BCUT2D eigenvalue weighted by molar-refractivity contribution is 5.71. The Bertz CT molecular complexity index is 1480. The van der Waals surface area contributed by atoms with Crippen LogP contribution in [0.3, 0.4) is 0 Å². The third-order valence-corrected chi connectivity index (χ3v) is 6.53. The van der Waals surface area contributed by atoms with E-state index in [4.69, 9.17) is 0 Å². The minimum Gasteiger partial charge on any atom is -0.355 e. The number of hydrogen-bond acceptors (Lipinski definition) is 7. The first kappa shape index (κ1) is 23.8. The number of pyridine rings is 2. The van der Waals surface area contributed by atoms with Gasteiger partial charge in [0.15, 0.2) is 5.65 Å². The van der Waals surface area contributed by atoms with Crippen LogP contribution in [0.4, 0.5) is 19.0 Å². The van der Waals surface area contributed by atoms with Crippen LogP contribution < -0.4 is 10.5 Å². The maximum Gasteiger partial charge on any atom is 0.418 e. The quantitative estimate of drug-likeness (QED) is 0.422. The van der Waals surface area contributed by atoms with Crippen molar-refractivity contribution in [2.24, 2.45) is 0 Å². The van der Waals surface area contributed by atoms with Crippen molar-refractivity contribution in [2.45, 2.75) is 45.3 Å². The third-order valence-electron chi connectivity index (χ3n) is 6.53. The lowest BCUT2D eigenvalue weighted by atomic mass is 9.90. The molecule has 0 spiro atoms. The van der Waals surface area contributed by atoms with Gasteiger partial charge >= 0.3 is 6.18 Å². The Morgan fingerprint density at radius 1 is 1.03 bits per heavy atom. The van der Waals surface area contributed by atoms with Gasteiger partial charge in [-0.1, -0.05) is 0 Å². The zero-order valence-electron chi connectivity index (χ0n) is 19.8. The first-order valence-electron chi connectivity index (χ1n) is 11.6. The molecule has 4 aromatic rings. The van der Waals surface area contributed by atoms with Gasteiger partial charge in [0.1, 0.15) is 11.3 Å². The molecule has 5 rings (SSSR count). The van der Waals surface area contributed by atoms with Crippen molar-refractivity contribution in [3.05, 3.63) is 81.5 Å². The molecule has 5 heterocycles. The fourth-order valence-corrected chi connectivity index (χ4v) is 4.76. The Hall–Kier alpha value is -3.89. The highest BCUT2D eigenvalue weighted by atomic mass is 19.4. The molecular formula is C25H24F3N7O. The average molecular weight is 496 g/mol. The molecule has 1 saturated heterocycles. The van der Waals surface area contributed by atoms with Crippen LogP contribution in [0.1, 0.15) is 47.0 Å². The van der Waals surface area contributed by atoms with Crippen molar-refractivity contribution in [1.82, 2.24) is 29.5 Å². The van der Waals surface area contributed by atoms with Crippen LogP contribution in [0, 0.1) is 13.8 Å². The molecule has 1 aliphatic heterocycles. The van der Waals surface area contributed by atoms with Crippen molar-refractivity contribution in [2.75, 3.05) is 18.0 Å². The van der Waals surface area contributed by atoms with E-state index in [0.29, 0.717) is 42.7 Å². The second kappa shape index (κ2) is 9.29. The number of alkyl halides is 3. The van der Waals surface area contributed by atoms with E-state index in [2.05, 4.69) is 29.8 Å². The van der Waals surface area contributed by atoms with Gasteiger partial charge in [-0.2, -0.15) is 13.2 Å². The molecule has 11 heteroatoms. The summed E-state index contributed by atoms with van der Waals surface area (Å²) in [6.45, 7) is 4.64. The zero-order chi connectivity index (χ0) is 25.4. The average Bonchev–Trinajstić information content (AvgIpc) is 2.86. The van der Waals surface area contributed by atoms with E-state index in [1.165, 1.54) is 16.8 Å². The van der Waals surface area contributed by atoms with Crippen LogP contribution in [-0.4, -0.2) is 42.6 Å². The van der Waals surface area contributed by atoms with Crippen LogP contribution in [0.15, 0.2) is 47.8 Å². The number of hydrogen-bond donors (Lipinski definition) is 0. The normalized spacial score (nSPS) is 15.0. The second-order valence-corrected chi connectivity index (χ2v) is 8.93. The van der Waals surface area contributed by atoms with Gasteiger partial charge in [-0.25, -0.2) is 9.97 Å². The van der Waals surface area contributed by atoms with E-state index < -0.39 is 11.7 Å². The van der Waals surface area contributed by atoms with Gasteiger partial charge in [0, 0.05) is 43.4 Å². The first-order valence-corrected chi connectivity index (χ1v) is 11.6. The van der Waals surface area contributed by atoms with Crippen LogP contribution >= 0.6 is 0 Å². The van der Waals surface area contributed by atoms with Crippen LogP contribution in [-0.2, 0) is 12.7 Å². The molecule has 0 amide bonds. The van der Waals surface area contributed by atoms with Crippen LogP contribution in [0.25, 0.3) is 11.2 Å². The van der Waals surface area contributed by atoms with E-state index in [0.717, 1.165) is 17.6 Å². The fraction of sp³-hybridized carbons (Fsp3) is 0.360. The molecule has 8 nitrogen and oxygen atoms in total. The third kappa shape index (κ3) is 4.52. The molecule has 1 fully saturated rings. The Kier molecular flexibility index (Phi) is 6.15. The summed E-state index contributed by atoms with van der Waals surface area (Å²) in [5, 5.41) is 0. The summed E-state index contributed by atoms with van der Waals surface area (Å²) in [6, 6.07) is 3.94. The lowest BCUT2D eigenvalue weighted by molar-refractivity contribution is -0.138. The van der Waals surface area contributed by atoms with E-state index in [1.807, 2.05) is 6.92 Å². The molecule has 0 saturated carbocycles. The fourth-order valence-electron chi connectivity index (χ4n) is 4.76. The molecule has 0 aromatic carbocycles. The molecule has 36 heavy (non-hydrogen) atoms.